The second-order valence-corrected chi connectivity index (χ2v) is 5.17. The van der Waals surface area contributed by atoms with Crippen molar-refractivity contribution in [3.63, 3.8) is 0 Å². The van der Waals surface area contributed by atoms with Gasteiger partial charge in [0.15, 0.2) is 0 Å². The summed E-state index contributed by atoms with van der Waals surface area (Å²) in [5.74, 6) is 0. The molecule has 2 nitrogen and oxygen atoms in total. The summed E-state index contributed by atoms with van der Waals surface area (Å²) in [4.78, 5) is 2.49. The smallest absolute Gasteiger partial charge is 0.0234 e. The summed E-state index contributed by atoms with van der Waals surface area (Å²) < 4.78 is 0. The molecule has 0 aliphatic carbocycles. The van der Waals surface area contributed by atoms with Crippen LogP contribution in [0.2, 0.25) is 0 Å². The average molecular weight is 268 g/mol. The van der Waals surface area contributed by atoms with Crippen LogP contribution < -0.4 is 5.32 Å². The summed E-state index contributed by atoms with van der Waals surface area (Å²) >= 11 is 0. The third kappa shape index (κ3) is 5.55. The van der Waals surface area contributed by atoms with Crippen molar-refractivity contribution >= 4 is 0 Å². The summed E-state index contributed by atoms with van der Waals surface area (Å²) in [6, 6.07) is 20.9. The van der Waals surface area contributed by atoms with Crippen LogP contribution in [0, 0.1) is 6.92 Å². The SMILES string of the molecule is Cc1ccccc1.c1ccc(CN2CCNCC2)cc1. The highest BCUT2D eigenvalue weighted by molar-refractivity contribution is 5.14. The Balaban J connectivity index is 0.000000178. The maximum Gasteiger partial charge on any atom is 0.0234 e. The number of nitrogens with zero attached hydrogens (tertiary/aromatic N) is 1. The van der Waals surface area contributed by atoms with Gasteiger partial charge in [-0.3, -0.25) is 4.90 Å². The zero-order chi connectivity index (χ0) is 14.0. The molecule has 0 saturated carbocycles. The highest BCUT2D eigenvalue weighted by atomic mass is 15.2. The Morgan fingerprint density at radius 1 is 0.850 bits per heavy atom. The van der Waals surface area contributed by atoms with Crippen LogP contribution in [0.5, 0.6) is 0 Å². The fourth-order valence-corrected chi connectivity index (χ4v) is 2.25. The lowest BCUT2D eigenvalue weighted by atomic mass is 10.2. The molecular weight excluding hydrogens is 244 g/mol. The summed E-state index contributed by atoms with van der Waals surface area (Å²) in [6.07, 6.45) is 0. The molecule has 1 heterocycles. The standard InChI is InChI=1S/C11H16N2.C7H8/c1-2-4-11(5-3-1)10-13-8-6-12-7-9-13;1-7-5-3-2-4-6-7/h1-5,12H,6-10H2;2-6H,1H3. The lowest BCUT2D eigenvalue weighted by Gasteiger charge is -2.27. The molecule has 0 bridgehead atoms. The Labute approximate surface area is 122 Å². The number of hydrogen-bond acceptors (Lipinski definition) is 2. The Bertz CT molecular complexity index is 461. The second-order valence-electron chi connectivity index (χ2n) is 5.17. The van der Waals surface area contributed by atoms with Crippen LogP contribution >= 0.6 is 0 Å². The van der Waals surface area contributed by atoms with E-state index in [1.54, 1.807) is 0 Å². The molecule has 106 valence electrons. The molecule has 0 aromatic heterocycles. The number of benzene rings is 2. The largest absolute Gasteiger partial charge is 0.314 e. The number of piperazine rings is 1. The summed E-state index contributed by atoms with van der Waals surface area (Å²) in [5, 5.41) is 3.36. The molecule has 0 radical (unpaired) electrons. The van der Waals surface area contributed by atoms with Gasteiger partial charge >= 0.3 is 0 Å². The molecule has 1 fully saturated rings. The molecule has 2 heteroatoms. The Kier molecular flexibility index (Phi) is 6.28. The van der Waals surface area contributed by atoms with Crippen LogP contribution in [0.4, 0.5) is 0 Å². The van der Waals surface area contributed by atoms with Gasteiger partial charge in [0.2, 0.25) is 0 Å². The molecule has 1 N–H and O–H groups in total. The first-order valence-corrected chi connectivity index (χ1v) is 7.33. The Morgan fingerprint density at radius 2 is 1.40 bits per heavy atom. The first-order chi connectivity index (χ1) is 9.84. The molecule has 20 heavy (non-hydrogen) atoms. The van der Waals surface area contributed by atoms with E-state index >= 15 is 0 Å². The molecule has 3 rings (SSSR count). The monoisotopic (exact) mass is 268 g/mol. The number of nitrogens with one attached hydrogen (secondary N) is 1. The molecule has 2 aromatic carbocycles. The topological polar surface area (TPSA) is 15.3 Å². The minimum Gasteiger partial charge on any atom is -0.314 e. The zero-order valence-electron chi connectivity index (χ0n) is 12.3. The van der Waals surface area contributed by atoms with Crippen LogP contribution in [0.3, 0.4) is 0 Å². The summed E-state index contributed by atoms with van der Waals surface area (Å²) in [6.45, 7) is 7.80. The lowest BCUT2D eigenvalue weighted by molar-refractivity contribution is 0.233. The first-order valence-electron chi connectivity index (χ1n) is 7.33. The van der Waals surface area contributed by atoms with Crippen molar-refractivity contribution in [2.75, 3.05) is 26.2 Å². The molecule has 0 spiro atoms. The van der Waals surface area contributed by atoms with Gasteiger partial charge in [0, 0.05) is 32.7 Å². The molecule has 2 aromatic rings. The van der Waals surface area contributed by atoms with E-state index < -0.39 is 0 Å². The molecule has 1 aliphatic rings. The minimum absolute atomic E-state index is 1.10. The van der Waals surface area contributed by atoms with Gasteiger partial charge in [-0.15, -0.1) is 0 Å². The van der Waals surface area contributed by atoms with Crippen molar-refractivity contribution in [1.29, 1.82) is 0 Å². The number of rotatable bonds is 2. The minimum atomic E-state index is 1.10. The summed E-state index contributed by atoms with van der Waals surface area (Å²) in [5.41, 5.74) is 2.74. The van der Waals surface area contributed by atoms with Gasteiger partial charge in [-0.2, -0.15) is 0 Å². The fourth-order valence-electron chi connectivity index (χ4n) is 2.25. The molecule has 0 atom stereocenters. The first kappa shape index (κ1) is 14.8. The van der Waals surface area contributed by atoms with Gasteiger partial charge in [-0.05, 0) is 12.5 Å². The van der Waals surface area contributed by atoms with Gasteiger partial charge in [-0.25, -0.2) is 0 Å². The van der Waals surface area contributed by atoms with Crippen molar-refractivity contribution in [3.8, 4) is 0 Å². The van der Waals surface area contributed by atoms with Crippen LogP contribution in [-0.4, -0.2) is 31.1 Å². The molecule has 1 saturated heterocycles. The molecular formula is C18H24N2. The maximum atomic E-state index is 3.36. The predicted molar refractivity (Wildman–Crippen MR) is 85.8 cm³/mol. The third-order valence-corrected chi connectivity index (χ3v) is 3.40. The van der Waals surface area contributed by atoms with Crippen LogP contribution in [-0.2, 0) is 6.54 Å². The zero-order valence-corrected chi connectivity index (χ0v) is 12.3. The average Bonchev–Trinajstić information content (AvgIpc) is 2.51. The van der Waals surface area contributed by atoms with E-state index in [0.717, 1.165) is 19.6 Å². The van der Waals surface area contributed by atoms with Gasteiger partial charge in [0.05, 0.1) is 0 Å². The van der Waals surface area contributed by atoms with E-state index in [2.05, 4.69) is 59.6 Å². The number of aryl methyl sites for hydroxylation is 1. The fraction of sp³-hybridized carbons (Fsp3) is 0.333. The van der Waals surface area contributed by atoms with Crippen molar-refractivity contribution in [3.05, 3.63) is 71.8 Å². The van der Waals surface area contributed by atoms with Gasteiger partial charge in [-0.1, -0.05) is 66.2 Å². The van der Waals surface area contributed by atoms with Crippen LogP contribution in [0.1, 0.15) is 11.1 Å². The second kappa shape index (κ2) is 8.51. The van der Waals surface area contributed by atoms with E-state index in [4.69, 9.17) is 0 Å². The highest BCUT2D eigenvalue weighted by Crippen LogP contribution is 2.04. The maximum absolute atomic E-state index is 3.36. The summed E-state index contributed by atoms with van der Waals surface area (Å²) in [7, 11) is 0. The van der Waals surface area contributed by atoms with Crippen LogP contribution in [0.25, 0.3) is 0 Å². The van der Waals surface area contributed by atoms with Crippen LogP contribution in [0.15, 0.2) is 60.7 Å². The van der Waals surface area contributed by atoms with Gasteiger partial charge in [0.25, 0.3) is 0 Å². The Morgan fingerprint density at radius 3 is 1.90 bits per heavy atom. The van der Waals surface area contributed by atoms with Crippen molar-refractivity contribution in [2.45, 2.75) is 13.5 Å². The number of hydrogen-bond donors (Lipinski definition) is 1. The van der Waals surface area contributed by atoms with Crippen molar-refractivity contribution in [1.82, 2.24) is 10.2 Å². The predicted octanol–water partition coefficient (Wildman–Crippen LogP) is 3.09. The van der Waals surface area contributed by atoms with E-state index in [-0.39, 0.29) is 0 Å². The van der Waals surface area contributed by atoms with E-state index in [1.165, 1.54) is 24.2 Å². The highest BCUT2D eigenvalue weighted by Gasteiger charge is 2.08. The molecule has 1 aliphatic heterocycles. The molecule has 0 unspecified atom stereocenters. The lowest BCUT2D eigenvalue weighted by Crippen LogP contribution is -2.42. The van der Waals surface area contributed by atoms with Gasteiger partial charge in [0.1, 0.15) is 0 Å². The normalized spacial score (nSPS) is 15.2. The molecule has 0 amide bonds. The quantitative estimate of drug-likeness (QED) is 0.900. The van der Waals surface area contributed by atoms with Crippen molar-refractivity contribution < 1.29 is 0 Å². The third-order valence-electron chi connectivity index (χ3n) is 3.40. The Hall–Kier alpha value is -1.64. The van der Waals surface area contributed by atoms with E-state index in [9.17, 15) is 0 Å². The van der Waals surface area contributed by atoms with Gasteiger partial charge < -0.3 is 5.32 Å². The van der Waals surface area contributed by atoms with Crippen molar-refractivity contribution in [2.24, 2.45) is 0 Å². The van der Waals surface area contributed by atoms with E-state index in [0.29, 0.717) is 0 Å². The van der Waals surface area contributed by atoms with E-state index in [1.807, 2.05) is 18.2 Å².